The lowest BCUT2D eigenvalue weighted by atomic mass is 9.80. The third kappa shape index (κ3) is 4.82. The van der Waals surface area contributed by atoms with Crippen LogP contribution < -0.4 is 16.3 Å². The van der Waals surface area contributed by atoms with Gasteiger partial charge in [-0.25, -0.2) is 27.2 Å². The second-order valence-electron chi connectivity index (χ2n) is 10.9. The first kappa shape index (κ1) is 28.5. The number of carbonyl (C=O) groups is 1. The number of anilines is 2. The number of fused-ring (bicyclic) bond motifs is 1. The van der Waals surface area contributed by atoms with Crippen molar-refractivity contribution in [2.45, 2.75) is 43.0 Å². The SMILES string of the molecule is C=CC(=O)N1CCN(c2nc(=O)n(-c3c(C4CCC4)cncc3S(C)(=O)=O)c3nc(-c4cn[nH]c4N)c(F)cc23)[C@@H](C)C1. The molecule has 1 amide bonds. The van der Waals surface area contributed by atoms with Gasteiger partial charge in [0.05, 0.1) is 22.8 Å². The first-order chi connectivity index (χ1) is 20.5. The number of rotatable bonds is 6. The van der Waals surface area contributed by atoms with Crippen LogP contribution in [0.2, 0.25) is 0 Å². The highest BCUT2D eigenvalue weighted by atomic mass is 32.2. The quantitative estimate of drug-likeness (QED) is 0.309. The molecule has 4 aromatic rings. The summed E-state index contributed by atoms with van der Waals surface area (Å²) < 4.78 is 43.1. The number of nitrogens with one attached hydrogen (secondary N) is 1. The molecule has 1 aliphatic heterocycles. The van der Waals surface area contributed by atoms with Crippen LogP contribution in [-0.2, 0) is 14.6 Å². The van der Waals surface area contributed by atoms with Crippen LogP contribution in [0.4, 0.5) is 16.0 Å². The van der Waals surface area contributed by atoms with Crippen molar-refractivity contribution in [3.63, 3.8) is 0 Å². The molecule has 1 saturated heterocycles. The number of halogens is 1. The first-order valence-electron chi connectivity index (χ1n) is 13.8. The smallest absolute Gasteiger partial charge is 0.355 e. The Morgan fingerprint density at radius 3 is 2.58 bits per heavy atom. The van der Waals surface area contributed by atoms with Gasteiger partial charge >= 0.3 is 5.69 Å². The Morgan fingerprint density at radius 1 is 1.21 bits per heavy atom. The van der Waals surface area contributed by atoms with Crippen LogP contribution in [0.5, 0.6) is 0 Å². The monoisotopic (exact) mass is 607 g/mol. The van der Waals surface area contributed by atoms with Crippen LogP contribution in [0.1, 0.15) is 37.7 Å². The van der Waals surface area contributed by atoms with E-state index in [0.717, 1.165) is 30.1 Å². The summed E-state index contributed by atoms with van der Waals surface area (Å²) in [5.41, 5.74) is 5.91. The molecule has 2 aliphatic rings. The van der Waals surface area contributed by atoms with Crippen molar-refractivity contribution in [3.8, 4) is 16.9 Å². The minimum absolute atomic E-state index is 0.000436. The molecule has 1 saturated carbocycles. The molecule has 4 aromatic heterocycles. The second-order valence-corrected chi connectivity index (χ2v) is 12.9. The fourth-order valence-corrected chi connectivity index (χ4v) is 6.59. The zero-order valence-corrected chi connectivity index (χ0v) is 24.4. The number of piperazine rings is 1. The highest BCUT2D eigenvalue weighted by Gasteiger charge is 2.33. The van der Waals surface area contributed by atoms with Gasteiger partial charge in [-0.1, -0.05) is 13.0 Å². The van der Waals surface area contributed by atoms with Gasteiger partial charge in [0, 0.05) is 44.3 Å². The number of H-pyrrole nitrogens is 1. The Hall–Kier alpha value is -4.66. The van der Waals surface area contributed by atoms with Gasteiger partial charge in [-0.05, 0) is 43.4 Å². The van der Waals surface area contributed by atoms with E-state index in [4.69, 9.17) is 5.73 Å². The van der Waals surface area contributed by atoms with Crippen molar-refractivity contribution in [2.75, 3.05) is 36.5 Å². The zero-order valence-electron chi connectivity index (χ0n) is 23.6. The number of hydrogen-bond acceptors (Lipinski definition) is 10. The number of aromatic nitrogens is 6. The minimum atomic E-state index is -3.87. The molecule has 0 aromatic carbocycles. The largest absolute Gasteiger partial charge is 0.384 e. The van der Waals surface area contributed by atoms with Gasteiger partial charge in [0.2, 0.25) is 5.91 Å². The van der Waals surface area contributed by atoms with E-state index in [0.29, 0.717) is 25.2 Å². The number of nitrogens with zero attached hydrogens (tertiary/aromatic N) is 7. The van der Waals surface area contributed by atoms with Gasteiger partial charge in [-0.15, -0.1) is 0 Å². The Labute approximate surface area is 246 Å². The van der Waals surface area contributed by atoms with Crippen LogP contribution >= 0.6 is 0 Å². The summed E-state index contributed by atoms with van der Waals surface area (Å²) >= 11 is 0. The maximum atomic E-state index is 15.8. The lowest BCUT2D eigenvalue weighted by Crippen LogP contribution is -2.54. The van der Waals surface area contributed by atoms with Gasteiger partial charge in [0.15, 0.2) is 21.3 Å². The Kier molecular flexibility index (Phi) is 6.99. The molecule has 0 spiro atoms. The first-order valence-corrected chi connectivity index (χ1v) is 15.7. The zero-order chi connectivity index (χ0) is 30.6. The number of aromatic amines is 1. The van der Waals surface area contributed by atoms with Gasteiger partial charge in [0.25, 0.3) is 0 Å². The molecule has 1 atom stereocenters. The Morgan fingerprint density at radius 2 is 1.98 bits per heavy atom. The van der Waals surface area contributed by atoms with Crippen molar-refractivity contribution in [3.05, 3.63) is 59.2 Å². The molecular weight excluding hydrogens is 577 g/mol. The summed E-state index contributed by atoms with van der Waals surface area (Å²) in [6.45, 7) is 6.38. The van der Waals surface area contributed by atoms with Crippen molar-refractivity contribution in [1.29, 1.82) is 0 Å². The summed E-state index contributed by atoms with van der Waals surface area (Å²) in [5.74, 6) is -0.733. The molecule has 1 aliphatic carbocycles. The van der Waals surface area contributed by atoms with Crippen LogP contribution in [-0.4, -0.2) is 80.9 Å². The third-order valence-electron chi connectivity index (χ3n) is 8.19. The van der Waals surface area contributed by atoms with Crippen LogP contribution in [0.3, 0.4) is 0 Å². The fraction of sp³-hybridized carbons (Fsp3) is 0.357. The molecule has 43 heavy (non-hydrogen) atoms. The van der Waals surface area contributed by atoms with Crippen molar-refractivity contribution in [1.82, 2.24) is 34.6 Å². The summed E-state index contributed by atoms with van der Waals surface area (Å²) in [6.07, 6.45) is 8.92. The van der Waals surface area contributed by atoms with Gasteiger partial charge < -0.3 is 15.5 Å². The van der Waals surface area contributed by atoms with E-state index in [1.165, 1.54) is 24.5 Å². The van der Waals surface area contributed by atoms with Gasteiger partial charge in [-0.2, -0.15) is 10.1 Å². The van der Waals surface area contributed by atoms with E-state index in [-0.39, 0.29) is 62.4 Å². The molecule has 15 heteroatoms. The highest BCUT2D eigenvalue weighted by molar-refractivity contribution is 7.90. The van der Waals surface area contributed by atoms with E-state index in [9.17, 15) is 18.0 Å². The topological polar surface area (TPSA) is 173 Å². The lowest BCUT2D eigenvalue weighted by Gasteiger charge is -2.40. The number of nitrogen functional groups attached to an aromatic ring is 1. The summed E-state index contributed by atoms with van der Waals surface area (Å²) in [4.78, 5) is 42.9. The van der Waals surface area contributed by atoms with Crippen molar-refractivity contribution >= 4 is 38.4 Å². The molecule has 224 valence electrons. The normalized spacial score (nSPS) is 17.7. The van der Waals surface area contributed by atoms with E-state index in [1.807, 2.05) is 11.8 Å². The predicted octanol–water partition coefficient (Wildman–Crippen LogP) is 2.18. The molecule has 5 heterocycles. The van der Waals surface area contributed by atoms with Crippen molar-refractivity contribution < 1.29 is 17.6 Å². The van der Waals surface area contributed by atoms with Gasteiger partial charge in [0.1, 0.15) is 22.2 Å². The number of sulfone groups is 1. The number of amides is 1. The molecule has 6 rings (SSSR count). The molecule has 2 fully saturated rings. The average molecular weight is 608 g/mol. The molecule has 0 radical (unpaired) electrons. The number of hydrogen-bond donors (Lipinski definition) is 2. The van der Waals surface area contributed by atoms with E-state index in [2.05, 4.69) is 31.7 Å². The molecule has 0 bridgehead atoms. The second kappa shape index (κ2) is 10.6. The van der Waals surface area contributed by atoms with Crippen LogP contribution in [0.15, 0.2) is 47.0 Å². The van der Waals surface area contributed by atoms with E-state index in [1.54, 1.807) is 11.1 Å². The maximum absolute atomic E-state index is 15.8. The third-order valence-corrected chi connectivity index (χ3v) is 9.29. The van der Waals surface area contributed by atoms with Crippen LogP contribution in [0.25, 0.3) is 28.0 Å². The molecule has 13 nitrogen and oxygen atoms in total. The maximum Gasteiger partial charge on any atom is 0.355 e. The highest BCUT2D eigenvalue weighted by Crippen LogP contribution is 2.41. The van der Waals surface area contributed by atoms with Crippen molar-refractivity contribution in [2.24, 2.45) is 0 Å². The Balaban J connectivity index is 1.66. The van der Waals surface area contributed by atoms with E-state index < -0.39 is 21.3 Å². The number of pyridine rings is 2. The Bertz CT molecular complexity index is 1950. The summed E-state index contributed by atoms with van der Waals surface area (Å²) in [5, 5.41) is 6.63. The number of nitrogens with two attached hydrogens (primary N) is 1. The van der Waals surface area contributed by atoms with Crippen LogP contribution in [0, 0.1) is 5.82 Å². The van der Waals surface area contributed by atoms with E-state index >= 15 is 4.39 Å². The lowest BCUT2D eigenvalue weighted by molar-refractivity contribution is -0.126. The molecule has 3 N–H and O–H groups in total. The molecular formula is C28H30FN9O4S. The molecule has 0 unspecified atom stereocenters. The summed E-state index contributed by atoms with van der Waals surface area (Å²) in [7, 11) is -3.87. The predicted molar refractivity (Wildman–Crippen MR) is 158 cm³/mol. The average Bonchev–Trinajstić information content (AvgIpc) is 3.36. The fourth-order valence-electron chi connectivity index (χ4n) is 5.78. The summed E-state index contributed by atoms with van der Waals surface area (Å²) in [6, 6.07) is 0.926. The minimum Gasteiger partial charge on any atom is -0.384 e. The number of carbonyl (C=O) groups excluding carboxylic acids is 1. The van der Waals surface area contributed by atoms with Gasteiger partial charge in [-0.3, -0.25) is 14.9 Å². The standard InChI is InChI=1S/C28H30FN9O4S/c1-4-22(39)36-8-9-37(15(2)14-36)26-17-10-20(29)23(19-12-32-35-25(19)30)33-27(17)38(28(40)34-26)24-18(16-6-5-7-16)11-31-13-21(24)43(3,41)42/h4,10-13,15-16H,1,5-9,14H2,2-3H3,(H3,30,32,35)/t15-/m0/s1.